The summed E-state index contributed by atoms with van der Waals surface area (Å²) in [4.78, 5) is 3.88. The van der Waals surface area contributed by atoms with E-state index in [1.165, 1.54) is 10.4 Å². The molecule has 118 valence electrons. The van der Waals surface area contributed by atoms with Gasteiger partial charge in [-0.1, -0.05) is 29.3 Å². The summed E-state index contributed by atoms with van der Waals surface area (Å²) >= 11 is 14.4. The lowest BCUT2D eigenvalue weighted by molar-refractivity contribution is 0.244. The fraction of sp³-hybridized carbons (Fsp3) is 0.412. The molecular weight excluding hydrogens is 335 g/mol. The van der Waals surface area contributed by atoms with E-state index in [1.54, 1.807) is 0 Å². The van der Waals surface area contributed by atoms with Crippen molar-refractivity contribution >= 4 is 34.5 Å². The molecule has 1 saturated heterocycles. The third kappa shape index (κ3) is 3.66. The van der Waals surface area contributed by atoms with Gasteiger partial charge in [-0.3, -0.25) is 4.90 Å². The largest absolute Gasteiger partial charge is 0.315 e. The summed E-state index contributed by atoms with van der Waals surface area (Å²) in [5.41, 5.74) is 2.46. The van der Waals surface area contributed by atoms with Crippen LogP contribution in [-0.2, 0) is 0 Å². The highest BCUT2D eigenvalue weighted by Crippen LogP contribution is 2.37. The molecule has 1 fully saturated rings. The molecule has 0 saturated carbocycles. The fourth-order valence-corrected chi connectivity index (χ4v) is 4.54. The summed E-state index contributed by atoms with van der Waals surface area (Å²) in [5.74, 6) is 0. The van der Waals surface area contributed by atoms with Crippen molar-refractivity contribution in [3.8, 4) is 0 Å². The number of halogens is 2. The third-order valence-electron chi connectivity index (χ3n) is 4.02. The van der Waals surface area contributed by atoms with Crippen molar-refractivity contribution in [1.29, 1.82) is 0 Å². The molecule has 1 aromatic carbocycles. The van der Waals surface area contributed by atoms with E-state index in [-0.39, 0.29) is 6.04 Å². The van der Waals surface area contributed by atoms with Crippen molar-refractivity contribution in [2.24, 2.45) is 0 Å². The maximum absolute atomic E-state index is 6.52. The average Bonchev–Trinajstić information content (AvgIpc) is 2.74. The van der Waals surface area contributed by atoms with Gasteiger partial charge in [-0.15, -0.1) is 11.3 Å². The monoisotopic (exact) mass is 354 g/mol. The minimum Gasteiger partial charge on any atom is -0.315 e. The Labute approximate surface area is 146 Å². The summed E-state index contributed by atoms with van der Waals surface area (Å²) in [6.45, 7) is 6.35. The fourth-order valence-electron chi connectivity index (χ4n) is 2.97. The highest BCUT2D eigenvalue weighted by molar-refractivity contribution is 7.10. The van der Waals surface area contributed by atoms with Crippen LogP contribution in [0.3, 0.4) is 0 Å². The summed E-state index contributed by atoms with van der Waals surface area (Å²) in [7, 11) is 0. The van der Waals surface area contributed by atoms with Crippen molar-refractivity contribution in [3.05, 3.63) is 55.7 Å². The summed E-state index contributed by atoms with van der Waals surface area (Å²) in [5, 5.41) is 7.12. The molecule has 0 radical (unpaired) electrons. The predicted octanol–water partition coefficient (Wildman–Crippen LogP) is 4.75. The second kappa shape index (κ2) is 7.33. The van der Waals surface area contributed by atoms with E-state index in [0.717, 1.165) is 43.2 Å². The molecule has 22 heavy (non-hydrogen) atoms. The van der Waals surface area contributed by atoms with Crippen LogP contribution in [0.1, 0.15) is 28.5 Å². The maximum Gasteiger partial charge on any atom is 0.0711 e. The number of nitrogens with one attached hydrogen (secondary N) is 1. The van der Waals surface area contributed by atoms with Gasteiger partial charge in [-0.05, 0) is 54.6 Å². The van der Waals surface area contributed by atoms with Crippen LogP contribution in [0.4, 0.5) is 0 Å². The topological polar surface area (TPSA) is 15.3 Å². The van der Waals surface area contributed by atoms with E-state index in [2.05, 4.69) is 34.7 Å². The molecule has 1 aliphatic rings. The lowest BCUT2D eigenvalue weighted by Gasteiger charge is -2.30. The van der Waals surface area contributed by atoms with E-state index in [1.807, 2.05) is 23.5 Å². The molecule has 0 aliphatic carbocycles. The number of rotatable bonds is 3. The third-order valence-corrected chi connectivity index (χ3v) is 5.68. The molecule has 2 heterocycles. The Balaban J connectivity index is 2.01. The molecule has 3 rings (SSSR count). The zero-order valence-electron chi connectivity index (χ0n) is 12.6. The van der Waals surface area contributed by atoms with Gasteiger partial charge < -0.3 is 5.32 Å². The van der Waals surface area contributed by atoms with Gasteiger partial charge in [0.05, 0.1) is 6.04 Å². The van der Waals surface area contributed by atoms with Crippen LogP contribution in [0.25, 0.3) is 0 Å². The summed E-state index contributed by atoms with van der Waals surface area (Å²) in [6, 6.07) is 8.35. The highest BCUT2D eigenvalue weighted by Gasteiger charge is 2.26. The number of nitrogens with zero attached hydrogens (tertiary/aromatic N) is 1. The molecule has 1 aliphatic heterocycles. The van der Waals surface area contributed by atoms with Gasteiger partial charge in [0.2, 0.25) is 0 Å². The summed E-state index contributed by atoms with van der Waals surface area (Å²) in [6.07, 6.45) is 1.16. The molecule has 0 bridgehead atoms. The SMILES string of the molecule is Cc1csc(C(c2ccc(Cl)cc2Cl)N2CCCNCC2)c1. The first-order valence-electron chi connectivity index (χ1n) is 7.60. The predicted molar refractivity (Wildman–Crippen MR) is 96.4 cm³/mol. The van der Waals surface area contributed by atoms with E-state index in [0.29, 0.717) is 5.02 Å². The number of hydrogen-bond donors (Lipinski definition) is 1. The average molecular weight is 355 g/mol. The number of aryl methyl sites for hydroxylation is 1. The first-order valence-corrected chi connectivity index (χ1v) is 9.23. The van der Waals surface area contributed by atoms with Crippen LogP contribution in [0, 0.1) is 6.92 Å². The Kier molecular flexibility index (Phi) is 5.42. The van der Waals surface area contributed by atoms with Crippen molar-refractivity contribution in [1.82, 2.24) is 10.2 Å². The first kappa shape index (κ1) is 16.3. The van der Waals surface area contributed by atoms with Gasteiger partial charge in [-0.25, -0.2) is 0 Å². The zero-order valence-corrected chi connectivity index (χ0v) is 14.9. The molecule has 1 N–H and O–H groups in total. The van der Waals surface area contributed by atoms with Gasteiger partial charge in [0.15, 0.2) is 0 Å². The van der Waals surface area contributed by atoms with E-state index in [9.17, 15) is 0 Å². The number of thiophene rings is 1. The second-order valence-electron chi connectivity index (χ2n) is 5.73. The normalized spacial score (nSPS) is 18.1. The lowest BCUT2D eigenvalue weighted by atomic mass is 10.0. The van der Waals surface area contributed by atoms with Crippen molar-refractivity contribution in [2.75, 3.05) is 26.2 Å². The minimum atomic E-state index is 0.211. The molecule has 0 amide bonds. The molecule has 2 nitrogen and oxygen atoms in total. The van der Waals surface area contributed by atoms with Gasteiger partial charge in [0.25, 0.3) is 0 Å². The van der Waals surface area contributed by atoms with Crippen LogP contribution in [0.15, 0.2) is 29.6 Å². The van der Waals surface area contributed by atoms with E-state index in [4.69, 9.17) is 23.2 Å². The lowest BCUT2D eigenvalue weighted by Crippen LogP contribution is -2.32. The standard InChI is InChI=1S/C17H20Cl2N2S/c1-12-9-16(22-11-12)17(21-7-2-5-20-6-8-21)14-4-3-13(18)10-15(14)19/h3-4,9-11,17,20H,2,5-8H2,1H3. The zero-order chi connectivity index (χ0) is 15.5. The number of benzene rings is 1. The van der Waals surface area contributed by atoms with Crippen LogP contribution in [0.5, 0.6) is 0 Å². The number of hydrogen-bond acceptors (Lipinski definition) is 3. The van der Waals surface area contributed by atoms with E-state index >= 15 is 0 Å². The Morgan fingerprint density at radius 3 is 2.77 bits per heavy atom. The van der Waals surface area contributed by atoms with Crippen molar-refractivity contribution in [3.63, 3.8) is 0 Å². The van der Waals surface area contributed by atoms with Gasteiger partial charge in [0.1, 0.15) is 0 Å². The molecule has 5 heteroatoms. The molecular formula is C17H20Cl2N2S. The van der Waals surface area contributed by atoms with Crippen LogP contribution >= 0.6 is 34.5 Å². The molecule has 1 atom stereocenters. The van der Waals surface area contributed by atoms with Gasteiger partial charge >= 0.3 is 0 Å². The molecule has 0 spiro atoms. The van der Waals surface area contributed by atoms with Crippen molar-refractivity contribution in [2.45, 2.75) is 19.4 Å². The highest BCUT2D eigenvalue weighted by atomic mass is 35.5. The van der Waals surface area contributed by atoms with E-state index < -0.39 is 0 Å². The molecule has 1 aromatic heterocycles. The molecule has 1 unspecified atom stereocenters. The van der Waals surface area contributed by atoms with Gasteiger partial charge in [-0.2, -0.15) is 0 Å². The van der Waals surface area contributed by atoms with Gasteiger partial charge in [0, 0.05) is 34.6 Å². The minimum absolute atomic E-state index is 0.211. The quantitative estimate of drug-likeness (QED) is 0.855. The van der Waals surface area contributed by atoms with Crippen LogP contribution in [-0.4, -0.2) is 31.1 Å². The smallest absolute Gasteiger partial charge is 0.0711 e. The summed E-state index contributed by atoms with van der Waals surface area (Å²) < 4.78 is 0. The Hall–Kier alpha value is -0.580. The second-order valence-corrected chi connectivity index (χ2v) is 7.52. The Morgan fingerprint density at radius 1 is 1.18 bits per heavy atom. The van der Waals surface area contributed by atoms with Crippen molar-refractivity contribution < 1.29 is 0 Å². The Bertz CT molecular complexity index is 633. The maximum atomic E-state index is 6.52. The van der Waals surface area contributed by atoms with Crippen LogP contribution in [0.2, 0.25) is 10.0 Å². The Morgan fingerprint density at radius 2 is 2.05 bits per heavy atom. The first-order chi connectivity index (χ1) is 10.6. The molecule has 2 aromatic rings. The van der Waals surface area contributed by atoms with Crippen LogP contribution < -0.4 is 5.32 Å².